The topological polar surface area (TPSA) is 15.3 Å². The van der Waals surface area contributed by atoms with Crippen LogP contribution in [0, 0.1) is 5.92 Å². The number of nitrogens with one attached hydrogen (secondary N) is 1. The summed E-state index contributed by atoms with van der Waals surface area (Å²) in [5.41, 5.74) is 4.53. The second-order valence-corrected chi connectivity index (χ2v) is 7.24. The van der Waals surface area contributed by atoms with Gasteiger partial charge in [-0.1, -0.05) is 38.8 Å². The van der Waals surface area contributed by atoms with Crippen molar-refractivity contribution in [2.45, 2.75) is 65.0 Å². The summed E-state index contributed by atoms with van der Waals surface area (Å²) >= 11 is 0. The second-order valence-electron chi connectivity index (χ2n) is 7.24. The van der Waals surface area contributed by atoms with E-state index in [-0.39, 0.29) is 0 Å². The SMILES string of the molecule is CC(C)CN(Cc1cccc2c1CCCN2)C1CCCC1. The third-order valence-electron chi connectivity index (χ3n) is 5.01. The van der Waals surface area contributed by atoms with Crippen molar-refractivity contribution in [3.8, 4) is 0 Å². The van der Waals surface area contributed by atoms with Gasteiger partial charge in [0.25, 0.3) is 0 Å². The third kappa shape index (κ3) is 3.60. The molecule has 1 heterocycles. The Hall–Kier alpha value is -1.02. The highest BCUT2D eigenvalue weighted by Gasteiger charge is 2.24. The fourth-order valence-corrected chi connectivity index (χ4v) is 4.03. The molecule has 2 aliphatic rings. The van der Waals surface area contributed by atoms with Gasteiger partial charge in [-0.25, -0.2) is 0 Å². The standard InChI is InChI=1S/C19H30N2/c1-15(2)13-21(17-8-3-4-9-17)14-16-7-5-11-19-18(16)10-6-12-20-19/h5,7,11,15,17,20H,3-4,6,8-10,12-14H2,1-2H3. The molecule has 0 amide bonds. The number of anilines is 1. The largest absolute Gasteiger partial charge is 0.385 e. The molecule has 116 valence electrons. The van der Waals surface area contributed by atoms with E-state index in [4.69, 9.17) is 0 Å². The van der Waals surface area contributed by atoms with Crippen LogP contribution < -0.4 is 5.32 Å². The molecule has 0 atom stereocenters. The predicted octanol–water partition coefficient (Wildman–Crippen LogP) is 4.45. The molecule has 21 heavy (non-hydrogen) atoms. The number of nitrogens with zero attached hydrogens (tertiary/aromatic N) is 1. The summed E-state index contributed by atoms with van der Waals surface area (Å²) in [6.07, 6.45) is 8.18. The number of fused-ring (bicyclic) bond motifs is 1. The third-order valence-corrected chi connectivity index (χ3v) is 5.01. The zero-order chi connectivity index (χ0) is 14.7. The monoisotopic (exact) mass is 286 g/mol. The van der Waals surface area contributed by atoms with Crippen molar-refractivity contribution < 1.29 is 0 Å². The Balaban J connectivity index is 1.78. The van der Waals surface area contributed by atoms with E-state index >= 15 is 0 Å². The van der Waals surface area contributed by atoms with Crippen molar-refractivity contribution in [1.82, 2.24) is 4.90 Å². The fraction of sp³-hybridized carbons (Fsp3) is 0.684. The zero-order valence-corrected chi connectivity index (χ0v) is 13.7. The van der Waals surface area contributed by atoms with Crippen LogP contribution in [0.3, 0.4) is 0 Å². The molecule has 1 aromatic rings. The van der Waals surface area contributed by atoms with E-state index in [0.717, 1.165) is 25.0 Å². The van der Waals surface area contributed by atoms with Crippen LogP contribution >= 0.6 is 0 Å². The number of hydrogen-bond donors (Lipinski definition) is 1. The van der Waals surface area contributed by atoms with Crippen molar-refractivity contribution in [3.63, 3.8) is 0 Å². The van der Waals surface area contributed by atoms with Gasteiger partial charge in [-0.3, -0.25) is 4.90 Å². The molecule has 0 aromatic heterocycles. The molecule has 2 nitrogen and oxygen atoms in total. The maximum absolute atomic E-state index is 3.57. The fourth-order valence-electron chi connectivity index (χ4n) is 4.03. The normalized spacial score (nSPS) is 19.0. The van der Waals surface area contributed by atoms with Crippen molar-refractivity contribution in [2.24, 2.45) is 5.92 Å². The Morgan fingerprint density at radius 2 is 2.00 bits per heavy atom. The van der Waals surface area contributed by atoms with Crippen LogP contribution in [0.1, 0.15) is 57.1 Å². The quantitative estimate of drug-likeness (QED) is 0.860. The molecule has 0 unspecified atom stereocenters. The Labute approximate surface area is 129 Å². The van der Waals surface area contributed by atoms with Gasteiger partial charge in [0.15, 0.2) is 0 Å². The van der Waals surface area contributed by atoms with Gasteiger partial charge in [-0.15, -0.1) is 0 Å². The lowest BCUT2D eigenvalue weighted by atomic mass is 9.96. The molecular formula is C19H30N2. The predicted molar refractivity (Wildman–Crippen MR) is 90.8 cm³/mol. The lowest BCUT2D eigenvalue weighted by Gasteiger charge is -2.32. The van der Waals surface area contributed by atoms with Gasteiger partial charge in [-0.2, -0.15) is 0 Å². The van der Waals surface area contributed by atoms with Crippen LogP contribution in [0.4, 0.5) is 5.69 Å². The minimum Gasteiger partial charge on any atom is -0.385 e. The molecule has 1 saturated carbocycles. The first-order valence-electron chi connectivity index (χ1n) is 8.82. The average molecular weight is 286 g/mol. The Morgan fingerprint density at radius 3 is 2.76 bits per heavy atom. The van der Waals surface area contributed by atoms with Crippen molar-refractivity contribution in [1.29, 1.82) is 0 Å². The van der Waals surface area contributed by atoms with E-state index in [1.165, 1.54) is 50.8 Å². The maximum atomic E-state index is 3.57. The molecule has 1 aliphatic carbocycles. The molecule has 0 spiro atoms. The molecule has 0 saturated heterocycles. The molecule has 0 radical (unpaired) electrons. The van der Waals surface area contributed by atoms with Crippen LogP contribution in [0.15, 0.2) is 18.2 Å². The van der Waals surface area contributed by atoms with Gasteiger partial charge in [0.05, 0.1) is 0 Å². The van der Waals surface area contributed by atoms with Gasteiger partial charge < -0.3 is 5.32 Å². The summed E-state index contributed by atoms with van der Waals surface area (Å²) < 4.78 is 0. The summed E-state index contributed by atoms with van der Waals surface area (Å²) in [5.74, 6) is 0.753. The van der Waals surface area contributed by atoms with Crippen molar-refractivity contribution >= 4 is 5.69 Å². The van der Waals surface area contributed by atoms with Crippen LogP contribution in [0.5, 0.6) is 0 Å². The van der Waals surface area contributed by atoms with Gasteiger partial charge >= 0.3 is 0 Å². The first-order chi connectivity index (χ1) is 10.2. The molecule has 1 N–H and O–H groups in total. The number of hydrogen-bond acceptors (Lipinski definition) is 2. The Kier molecular flexibility index (Phi) is 4.84. The molecule has 1 aromatic carbocycles. The van der Waals surface area contributed by atoms with Crippen LogP contribution in [0.25, 0.3) is 0 Å². The van der Waals surface area contributed by atoms with E-state index in [1.807, 2.05) is 0 Å². The van der Waals surface area contributed by atoms with E-state index in [9.17, 15) is 0 Å². The zero-order valence-electron chi connectivity index (χ0n) is 13.7. The summed E-state index contributed by atoms with van der Waals surface area (Å²) in [6.45, 7) is 8.22. The average Bonchev–Trinajstić information content (AvgIpc) is 3.01. The molecule has 2 heteroatoms. The highest BCUT2D eigenvalue weighted by Crippen LogP contribution is 2.30. The molecule has 0 bridgehead atoms. The highest BCUT2D eigenvalue weighted by atomic mass is 15.2. The van der Waals surface area contributed by atoms with E-state index in [2.05, 4.69) is 42.3 Å². The lowest BCUT2D eigenvalue weighted by molar-refractivity contribution is 0.168. The Morgan fingerprint density at radius 1 is 1.19 bits per heavy atom. The number of rotatable bonds is 5. The Bertz CT molecular complexity index is 461. The van der Waals surface area contributed by atoms with Crippen molar-refractivity contribution in [3.05, 3.63) is 29.3 Å². The molecular weight excluding hydrogens is 256 g/mol. The van der Waals surface area contributed by atoms with E-state index < -0.39 is 0 Å². The summed E-state index contributed by atoms with van der Waals surface area (Å²) in [4.78, 5) is 2.77. The lowest BCUT2D eigenvalue weighted by Crippen LogP contribution is -2.36. The number of benzene rings is 1. The second kappa shape index (κ2) is 6.83. The smallest absolute Gasteiger partial charge is 0.0375 e. The van der Waals surface area contributed by atoms with Crippen molar-refractivity contribution in [2.75, 3.05) is 18.4 Å². The van der Waals surface area contributed by atoms with Gasteiger partial charge in [-0.05, 0) is 48.8 Å². The van der Waals surface area contributed by atoms with Crippen LogP contribution in [0.2, 0.25) is 0 Å². The maximum Gasteiger partial charge on any atom is 0.0375 e. The van der Waals surface area contributed by atoms with Crippen LogP contribution in [-0.2, 0) is 13.0 Å². The first kappa shape index (κ1) is 14.9. The van der Waals surface area contributed by atoms with Gasteiger partial charge in [0, 0.05) is 31.4 Å². The summed E-state index contributed by atoms with van der Waals surface area (Å²) in [6, 6.07) is 7.66. The molecule has 1 aliphatic heterocycles. The van der Waals surface area contributed by atoms with E-state index in [1.54, 1.807) is 11.1 Å². The van der Waals surface area contributed by atoms with E-state index in [0.29, 0.717) is 0 Å². The minimum atomic E-state index is 0.753. The van der Waals surface area contributed by atoms with Crippen LogP contribution in [-0.4, -0.2) is 24.0 Å². The van der Waals surface area contributed by atoms with Gasteiger partial charge in [0.1, 0.15) is 0 Å². The molecule has 3 rings (SSSR count). The minimum absolute atomic E-state index is 0.753. The summed E-state index contributed by atoms with van der Waals surface area (Å²) in [7, 11) is 0. The first-order valence-corrected chi connectivity index (χ1v) is 8.82. The van der Waals surface area contributed by atoms with Gasteiger partial charge in [0.2, 0.25) is 0 Å². The summed E-state index contributed by atoms with van der Waals surface area (Å²) in [5, 5.41) is 3.57. The highest BCUT2D eigenvalue weighted by molar-refractivity contribution is 5.56. The molecule has 1 fully saturated rings.